The van der Waals surface area contributed by atoms with Crippen molar-refractivity contribution in [3.05, 3.63) is 36.7 Å². The highest BCUT2D eigenvalue weighted by atomic mass is 16.3. The molecule has 1 amide bonds. The van der Waals surface area contributed by atoms with Gasteiger partial charge in [-0.25, -0.2) is 4.98 Å². The van der Waals surface area contributed by atoms with Crippen LogP contribution in [0.15, 0.2) is 35.3 Å². The maximum atomic E-state index is 11.2. The molecule has 0 saturated carbocycles. The Morgan fingerprint density at radius 1 is 1.56 bits per heavy atom. The molecule has 94 valence electrons. The summed E-state index contributed by atoms with van der Waals surface area (Å²) in [7, 11) is 0. The zero-order valence-electron chi connectivity index (χ0n) is 10.4. The van der Waals surface area contributed by atoms with Gasteiger partial charge in [0.2, 0.25) is 5.91 Å². The lowest BCUT2D eigenvalue weighted by Gasteiger charge is -2.00. The van der Waals surface area contributed by atoms with E-state index in [1.807, 2.05) is 6.07 Å². The Balaban J connectivity index is 2.22. The van der Waals surface area contributed by atoms with E-state index >= 15 is 0 Å². The van der Waals surface area contributed by atoms with Crippen LogP contribution >= 0.6 is 0 Å². The van der Waals surface area contributed by atoms with Crippen LogP contribution in [0.4, 0.5) is 5.69 Å². The third-order valence-corrected chi connectivity index (χ3v) is 2.63. The van der Waals surface area contributed by atoms with Gasteiger partial charge in [-0.1, -0.05) is 19.9 Å². The number of oxazole rings is 1. The standard InChI is InChI=1S/C14H16N2O2/c1-3-5-6-14-16-11-8-7-10(9-12(11)18-14)15-13(17)4-2/h4,7-9H,2-3,5-6H2,1H3,(H,15,17). The van der Waals surface area contributed by atoms with E-state index in [2.05, 4.69) is 23.8 Å². The van der Waals surface area contributed by atoms with E-state index in [9.17, 15) is 4.79 Å². The third kappa shape index (κ3) is 2.77. The molecule has 4 nitrogen and oxygen atoms in total. The molecule has 2 aromatic rings. The summed E-state index contributed by atoms with van der Waals surface area (Å²) in [6.45, 7) is 5.54. The second-order valence-corrected chi connectivity index (χ2v) is 4.09. The number of aryl methyl sites for hydroxylation is 1. The van der Waals surface area contributed by atoms with Gasteiger partial charge in [0.25, 0.3) is 0 Å². The molecule has 2 rings (SSSR count). The number of anilines is 1. The van der Waals surface area contributed by atoms with Crippen molar-refractivity contribution in [1.29, 1.82) is 0 Å². The number of hydrogen-bond acceptors (Lipinski definition) is 3. The molecule has 0 aliphatic heterocycles. The van der Waals surface area contributed by atoms with Gasteiger partial charge in [0.05, 0.1) is 0 Å². The molecule has 0 bridgehead atoms. The summed E-state index contributed by atoms with van der Waals surface area (Å²) < 4.78 is 5.64. The lowest BCUT2D eigenvalue weighted by Crippen LogP contribution is -2.06. The van der Waals surface area contributed by atoms with Gasteiger partial charge in [-0.3, -0.25) is 4.79 Å². The number of benzene rings is 1. The minimum Gasteiger partial charge on any atom is -0.441 e. The van der Waals surface area contributed by atoms with Crippen LogP contribution in [0.1, 0.15) is 25.7 Å². The minimum absolute atomic E-state index is 0.236. The second-order valence-electron chi connectivity index (χ2n) is 4.09. The van der Waals surface area contributed by atoms with E-state index in [4.69, 9.17) is 4.42 Å². The Kier molecular flexibility index (Phi) is 3.77. The molecular weight excluding hydrogens is 228 g/mol. The molecule has 18 heavy (non-hydrogen) atoms. The Morgan fingerprint density at radius 2 is 2.39 bits per heavy atom. The van der Waals surface area contributed by atoms with Gasteiger partial charge in [-0.2, -0.15) is 0 Å². The molecule has 1 aromatic carbocycles. The summed E-state index contributed by atoms with van der Waals surface area (Å²) in [6.07, 6.45) is 4.25. The van der Waals surface area contributed by atoms with Crippen molar-refractivity contribution in [1.82, 2.24) is 4.98 Å². The van der Waals surface area contributed by atoms with Gasteiger partial charge >= 0.3 is 0 Å². The Bertz CT molecular complexity index is 572. The first-order valence-corrected chi connectivity index (χ1v) is 6.06. The molecule has 0 aliphatic rings. The van der Waals surface area contributed by atoms with Crippen molar-refractivity contribution in [2.45, 2.75) is 26.2 Å². The zero-order chi connectivity index (χ0) is 13.0. The number of hydrogen-bond donors (Lipinski definition) is 1. The van der Waals surface area contributed by atoms with E-state index in [0.717, 1.165) is 30.7 Å². The number of nitrogens with zero attached hydrogens (tertiary/aromatic N) is 1. The lowest BCUT2D eigenvalue weighted by atomic mass is 10.2. The van der Waals surface area contributed by atoms with Gasteiger partial charge in [-0.05, 0) is 24.6 Å². The number of carbonyl (C=O) groups excluding carboxylic acids is 1. The predicted molar refractivity (Wildman–Crippen MR) is 71.4 cm³/mol. The maximum absolute atomic E-state index is 11.2. The van der Waals surface area contributed by atoms with Crippen molar-refractivity contribution in [2.24, 2.45) is 0 Å². The number of rotatable bonds is 5. The molecule has 0 radical (unpaired) electrons. The number of amides is 1. The van der Waals surface area contributed by atoms with Gasteiger partial charge in [0.1, 0.15) is 5.52 Å². The number of fused-ring (bicyclic) bond motifs is 1. The highest BCUT2D eigenvalue weighted by molar-refractivity contribution is 5.99. The smallest absolute Gasteiger partial charge is 0.247 e. The number of aromatic nitrogens is 1. The van der Waals surface area contributed by atoms with Gasteiger partial charge in [0, 0.05) is 18.2 Å². The number of nitrogens with one attached hydrogen (secondary N) is 1. The second kappa shape index (κ2) is 5.49. The highest BCUT2D eigenvalue weighted by Gasteiger charge is 2.06. The quantitative estimate of drug-likeness (QED) is 0.821. The minimum atomic E-state index is -0.236. The summed E-state index contributed by atoms with van der Waals surface area (Å²) in [5.74, 6) is 0.513. The Hall–Kier alpha value is -2.10. The molecule has 0 saturated heterocycles. The fourth-order valence-corrected chi connectivity index (χ4v) is 1.68. The van der Waals surface area contributed by atoms with Crippen molar-refractivity contribution >= 4 is 22.7 Å². The number of unbranched alkanes of at least 4 members (excludes halogenated alkanes) is 1. The monoisotopic (exact) mass is 244 g/mol. The first-order valence-electron chi connectivity index (χ1n) is 6.06. The van der Waals surface area contributed by atoms with Crippen molar-refractivity contribution in [2.75, 3.05) is 5.32 Å². The van der Waals surface area contributed by atoms with Gasteiger partial charge in [-0.15, -0.1) is 0 Å². The SMILES string of the molecule is C=CC(=O)Nc1ccc2nc(CCCC)oc2c1. The lowest BCUT2D eigenvalue weighted by molar-refractivity contribution is -0.111. The summed E-state index contributed by atoms with van der Waals surface area (Å²) in [5.41, 5.74) is 2.20. The van der Waals surface area contributed by atoms with Crippen LogP contribution in [0, 0.1) is 0 Å². The topological polar surface area (TPSA) is 55.1 Å². The molecule has 0 unspecified atom stereocenters. The van der Waals surface area contributed by atoms with Crippen LogP contribution < -0.4 is 5.32 Å². The number of carbonyl (C=O) groups is 1. The van der Waals surface area contributed by atoms with Crippen LogP contribution in [0.5, 0.6) is 0 Å². The first kappa shape index (κ1) is 12.4. The van der Waals surface area contributed by atoms with Crippen molar-refractivity contribution in [3.63, 3.8) is 0 Å². The third-order valence-electron chi connectivity index (χ3n) is 2.63. The molecule has 0 fully saturated rings. The molecule has 4 heteroatoms. The van der Waals surface area contributed by atoms with E-state index < -0.39 is 0 Å². The molecule has 1 aromatic heterocycles. The largest absolute Gasteiger partial charge is 0.441 e. The molecule has 0 spiro atoms. The highest BCUT2D eigenvalue weighted by Crippen LogP contribution is 2.21. The molecule has 1 N–H and O–H groups in total. The van der Waals surface area contributed by atoms with Crippen LogP contribution in [0.2, 0.25) is 0 Å². The van der Waals surface area contributed by atoms with Gasteiger partial charge in [0.15, 0.2) is 11.5 Å². The average Bonchev–Trinajstić information content (AvgIpc) is 2.78. The van der Waals surface area contributed by atoms with E-state index in [0.29, 0.717) is 11.3 Å². The normalized spacial score (nSPS) is 10.5. The molecular formula is C14H16N2O2. The van der Waals surface area contributed by atoms with Crippen LogP contribution in [0.25, 0.3) is 11.1 Å². The van der Waals surface area contributed by atoms with Gasteiger partial charge < -0.3 is 9.73 Å². The van der Waals surface area contributed by atoms with E-state index in [1.165, 1.54) is 6.08 Å². The zero-order valence-corrected chi connectivity index (χ0v) is 10.4. The summed E-state index contributed by atoms with van der Waals surface area (Å²) >= 11 is 0. The summed E-state index contributed by atoms with van der Waals surface area (Å²) in [6, 6.07) is 5.42. The fourth-order valence-electron chi connectivity index (χ4n) is 1.68. The summed E-state index contributed by atoms with van der Waals surface area (Å²) in [4.78, 5) is 15.6. The fraction of sp³-hybridized carbons (Fsp3) is 0.286. The van der Waals surface area contributed by atoms with Crippen LogP contribution in [0.3, 0.4) is 0 Å². The molecule has 0 atom stereocenters. The Labute approximate surface area is 106 Å². The molecule has 0 aliphatic carbocycles. The maximum Gasteiger partial charge on any atom is 0.247 e. The van der Waals surface area contributed by atoms with E-state index in [-0.39, 0.29) is 5.91 Å². The predicted octanol–water partition coefficient (Wildman–Crippen LogP) is 3.29. The first-order chi connectivity index (χ1) is 8.72. The molecule has 1 heterocycles. The summed E-state index contributed by atoms with van der Waals surface area (Å²) in [5, 5.41) is 2.69. The average molecular weight is 244 g/mol. The van der Waals surface area contributed by atoms with Crippen molar-refractivity contribution < 1.29 is 9.21 Å². The van der Waals surface area contributed by atoms with Crippen molar-refractivity contribution in [3.8, 4) is 0 Å². The van der Waals surface area contributed by atoms with Crippen LogP contribution in [-0.2, 0) is 11.2 Å². The van der Waals surface area contributed by atoms with Crippen LogP contribution in [-0.4, -0.2) is 10.9 Å². The Morgan fingerprint density at radius 3 is 3.11 bits per heavy atom. The van der Waals surface area contributed by atoms with E-state index in [1.54, 1.807) is 12.1 Å².